The number of rotatable bonds is 10. The number of carbonyl (C=O) groups is 2. The van der Waals surface area contributed by atoms with Gasteiger partial charge in [0.1, 0.15) is 5.75 Å². The zero-order valence-electron chi connectivity index (χ0n) is 18.2. The van der Waals surface area contributed by atoms with E-state index in [1.165, 1.54) is 19.2 Å². The molecule has 3 N–H and O–H groups in total. The molecule has 0 spiro atoms. The number of hydrogen-bond acceptors (Lipinski definition) is 8. The number of esters is 1. The molecule has 2 aromatic rings. The number of phenols is 1. The largest absolute Gasteiger partial charge is 0.508 e. The van der Waals surface area contributed by atoms with Gasteiger partial charge in [-0.05, 0) is 48.0 Å². The molecule has 9 nitrogen and oxygen atoms in total. The Bertz CT molecular complexity index is 955. The van der Waals surface area contributed by atoms with Crippen LogP contribution in [-0.2, 0) is 23.7 Å². The van der Waals surface area contributed by atoms with Crippen LogP contribution in [0.1, 0.15) is 28.3 Å². The number of allylic oxidation sites excluding steroid dienone is 1. The van der Waals surface area contributed by atoms with Gasteiger partial charge in [0, 0.05) is 18.0 Å². The number of phenolic OH excluding ortho intramolecular Hbond substituents is 1. The number of aliphatic hydroxyl groups excluding tert-OH is 1. The van der Waals surface area contributed by atoms with Crippen LogP contribution in [0.3, 0.4) is 0 Å². The lowest BCUT2D eigenvalue weighted by molar-refractivity contribution is -0.148. The number of amides is 1. The fraction of sp³-hybridized carbons (Fsp3) is 0.333. The predicted octanol–water partition coefficient (Wildman–Crippen LogP) is 2.56. The molecule has 9 heteroatoms. The minimum atomic E-state index is -0.696. The van der Waals surface area contributed by atoms with Crippen molar-refractivity contribution in [2.75, 3.05) is 38.9 Å². The summed E-state index contributed by atoms with van der Waals surface area (Å²) in [6.45, 7) is 0.640. The number of benzene rings is 2. The number of hydrogen-bond donors (Lipinski definition) is 3. The van der Waals surface area contributed by atoms with Crippen molar-refractivity contribution in [3.8, 4) is 5.75 Å². The Hall–Kier alpha value is -3.40. The Labute approximate surface area is 191 Å². The summed E-state index contributed by atoms with van der Waals surface area (Å²) >= 11 is 0. The number of methoxy groups -OCH3 is 1. The average molecular weight is 457 g/mol. The van der Waals surface area contributed by atoms with E-state index >= 15 is 0 Å². The summed E-state index contributed by atoms with van der Waals surface area (Å²) in [4.78, 5) is 24.5. The van der Waals surface area contributed by atoms with Gasteiger partial charge < -0.3 is 34.5 Å². The molecule has 1 aliphatic heterocycles. The van der Waals surface area contributed by atoms with Gasteiger partial charge in [-0.3, -0.25) is 4.79 Å². The monoisotopic (exact) mass is 457 g/mol. The molecule has 2 aromatic carbocycles. The second kappa shape index (κ2) is 12.0. The van der Waals surface area contributed by atoms with Crippen molar-refractivity contribution in [1.82, 2.24) is 0 Å². The molecule has 176 valence electrons. The quantitative estimate of drug-likeness (QED) is 0.283. The van der Waals surface area contributed by atoms with Crippen LogP contribution in [0.4, 0.5) is 5.69 Å². The van der Waals surface area contributed by atoms with E-state index in [9.17, 15) is 14.7 Å². The topological polar surface area (TPSA) is 124 Å². The highest BCUT2D eigenvalue weighted by Crippen LogP contribution is 2.32. The van der Waals surface area contributed by atoms with Crippen LogP contribution in [0.5, 0.6) is 5.75 Å². The van der Waals surface area contributed by atoms with Crippen LogP contribution < -0.4 is 5.32 Å². The van der Waals surface area contributed by atoms with E-state index in [1.807, 2.05) is 0 Å². The first-order chi connectivity index (χ1) is 16.0. The number of aliphatic hydroxyl groups is 1. The average Bonchev–Trinajstić information content (AvgIpc) is 2.84. The Morgan fingerprint density at radius 1 is 1.06 bits per heavy atom. The fourth-order valence-electron chi connectivity index (χ4n) is 3.28. The van der Waals surface area contributed by atoms with Gasteiger partial charge in [-0.1, -0.05) is 12.1 Å². The van der Waals surface area contributed by atoms with Crippen molar-refractivity contribution in [3.63, 3.8) is 0 Å². The van der Waals surface area contributed by atoms with Crippen molar-refractivity contribution in [1.29, 1.82) is 0 Å². The van der Waals surface area contributed by atoms with E-state index in [0.717, 1.165) is 5.56 Å². The van der Waals surface area contributed by atoms with Crippen LogP contribution in [0.15, 0.2) is 60.4 Å². The van der Waals surface area contributed by atoms with Crippen LogP contribution in [0.25, 0.3) is 0 Å². The summed E-state index contributed by atoms with van der Waals surface area (Å²) < 4.78 is 21.5. The molecule has 0 unspecified atom stereocenters. The number of anilines is 1. The standard InChI is InChI=1S/C24H27NO8/c1-30-24(29)17-4-2-16(3-5-17)18-14-21(23(28)25-19-6-8-20(27)9-7-19)33-22(15-18)32-13-12-31-11-10-26/h2-9,14,18,22,26-27H,10-13,15H2,1H3,(H,25,28)/t18-,22+/m0/s1. The van der Waals surface area contributed by atoms with Gasteiger partial charge >= 0.3 is 5.97 Å². The summed E-state index contributed by atoms with van der Waals surface area (Å²) in [6.07, 6.45) is 1.47. The highest BCUT2D eigenvalue weighted by molar-refractivity contribution is 6.02. The zero-order valence-corrected chi connectivity index (χ0v) is 18.2. The first-order valence-corrected chi connectivity index (χ1v) is 10.5. The second-order valence-electron chi connectivity index (χ2n) is 7.24. The Morgan fingerprint density at radius 2 is 1.79 bits per heavy atom. The minimum absolute atomic E-state index is 0.0755. The van der Waals surface area contributed by atoms with Crippen LogP contribution >= 0.6 is 0 Å². The lowest BCUT2D eigenvalue weighted by atomic mass is 9.92. The molecule has 0 radical (unpaired) electrons. The van der Waals surface area contributed by atoms with E-state index in [1.54, 1.807) is 42.5 Å². The highest BCUT2D eigenvalue weighted by atomic mass is 16.7. The van der Waals surface area contributed by atoms with Gasteiger partial charge in [-0.25, -0.2) is 4.79 Å². The van der Waals surface area contributed by atoms with E-state index in [-0.39, 0.29) is 43.9 Å². The molecule has 3 rings (SSSR count). The number of carbonyl (C=O) groups excluding carboxylic acids is 2. The van der Waals surface area contributed by atoms with Gasteiger partial charge in [0.25, 0.3) is 5.91 Å². The maximum Gasteiger partial charge on any atom is 0.337 e. The van der Waals surface area contributed by atoms with E-state index in [0.29, 0.717) is 17.7 Å². The third kappa shape index (κ3) is 7.04. The maximum absolute atomic E-state index is 12.8. The zero-order chi connectivity index (χ0) is 23.6. The minimum Gasteiger partial charge on any atom is -0.508 e. The molecule has 2 atom stereocenters. The first-order valence-electron chi connectivity index (χ1n) is 10.5. The summed E-state index contributed by atoms with van der Waals surface area (Å²) in [6, 6.07) is 13.0. The molecule has 0 aliphatic carbocycles. The molecular formula is C24H27NO8. The van der Waals surface area contributed by atoms with Crippen molar-refractivity contribution in [2.24, 2.45) is 0 Å². The molecule has 0 aromatic heterocycles. The summed E-state index contributed by atoms with van der Waals surface area (Å²) in [5, 5.41) is 20.9. The normalized spacial score (nSPS) is 17.6. The molecule has 0 saturated carbocycles. The Kier molecular flexibility index (Phi) is 8.82. The van der Waals surface area contributed by atoms with Crippen molar-refractivity contribution >= 4 is 17.6 Å². The van der Waals surface area contributed by atoms with Gasteiger partial charge in [-0.2, -0.15) is 0 Å². The third-order valence-corrected chi connectivity index (χ3v) is 4.93. The van der Waals surface area contributed by atoms with E-state index < -0.39 is 18.2 Å². The predicted molar refractivity (Wildman–Crippen MR) is 119 cm³/mol. The Balaban J connectivity index is 1.75. The molecule has 1 heterocycles. The van der Waals surface area contributed by atoms with Crippen molar-refractivity contribution in [3.05, 3.63) is 71.5 Å². The molecule has 0 bridgehead atoms. The van der Waals surface area contributed by atoms with Gasteiger partial charge in [0.2, 0.25) is 6.29 Å². The van der Waals surface area contributed by atoms with Crippen LogP contribution in [-0.4, -0.2) is 61.9 Å². The van der Waals surface area contributed by atoms with Gasteiger partial charge in [0.05, 0.1) is 39.1 Å². The number of nitrogens with one attached hydrogen (secondary N) is 1. The van der Waals surface area contributed by atoms with Crippen LogP contribution in [0, 0.1) is 0 Å². The summed E-state index contributed by atoms with van der Waals surface area (Å²) in [7, 11) is 1.32. The fourth-order valence-corrected chi connectivity index (χ4v) is 3.28. The van der Waals surface area contributed by atoms with Gasteiger partial charge in [-0.15, -0.1) is 0 Å². The smallest absolute Gasteiger partial charge is 0.337 e. The Morgan fingerprint density at radius 3 is 2.45 bits per heavy atom. The molecule has 1 aliphatic rings. The lowest BCUT2D eigenvalue weighted by Crippen LogP contribution is -2.30. The molecule has 0 fully saturated rings. The van der Waals surface area contributed by atoms with Crippen molar-refractivity contribution < 1.29 is 38.7 Å². The number of ether oxygens (including phenoxy) is 4. The molecule has 0 saturated heterocycles. The summed E-state index contributed by atoms with van der Waals surface area (Å²) in [5.41, 5.74) is 1.81. The maximum atomic E-state index is 12.8. The van der Waals surface area contributed by atoms with E-state index in [4.69, 9.17) is 24.1 Å². The van der Waals surface area contributed by atoms with Crippen LogP contribution in [0.2, 0.25) is 0 Å². The molecular weight excluding hydrogens is 430 g/mol. The molecule has 1 amide bonds. The van der Waals surface area contributed by atoms with E-state index in [2.05, 4.69) is 5.32 Å². The third-order valence-electron chi connectivity index (χ3n) is 4.93. The summed E-state index contributed by atoms with van der Waals surface area (Å²) in [5.74, 6) is -0.899. The second-order valence-corrected chi connectivity index (χ2v) is 7.24. The highest BCUT2D eigenvalue weighted by Gasteiger charge is 2.29. The lowest BCUT2D eigenvalue weighted by Gasteiger charge is -2.29. The number of aromatic hydroxyl groups is 1. The SMILES string of the molecule is COC(=O)c1ccc([C@H]2C=C(C(=O)Nc3ccc(O)cc3)O[C@@H](OCCOCCO)C2)cc1. The van der Waals surface area contributed by atoms with Gasteiger partial charge in [0.15, 0.2) is 5.76 Å². The first kappa shape index (κ1) is 24.2. The van der Waals surface area contributed by atoms with Crippen molar-refractivity contribution in [2.45, 2.75) is 18.6 Å². The molecule has 33 heavy (non-hydrogen) atoms.